The number of hydrogen-bond acceptors (Lipinski definition) is 4. The first-order valence-electron chi connectivity index (χ1n) is 13.9. The molecule has 10 heteroatoms. The van der Waals surface area contributed by atoms with E-state index in [0.717, 1.165) is 22.4 Å². The van der Waals surface area contributed by atoms with E-state index in [2.05, 4.69) is 29.7 Å². The zero-order chi connectivity index (χ0) is 31.0. The number of halogens is 3. The van der Waals surface area contributed by atoms with Crippen molar-refractivity contribution < 1.29 is 22.0 Å². The minimum Gasteiger partial charge on any atom is -0.349 e. The molecule has 0 unspecified atom stereocenters. The van der Waals surface area contributed by atoms with Crippen molar-refractivity contribution in [1.82, 2.24) is 10.6 Å². The van der Waals surface area contributed by atoms with E-state index in [4.69, 9.17) is 11.6 Å². The highest BCUT2D eigenvalue weighted by molar-refractivity contribution is 7.92. The fourth-order valence-corrected chi connectivity index (χ4v) is 6.02. The summed E-state index contributed by atoms with van der Waals surface area (Å²) in [4.78, 5) is 13.2. The number of amides is 1. The first-order valence-corrected chi connectivity index (χ1v) is 15.8. The van der Waals surface area contributed by atoms with Gasteiger partial charge >= 0.3 is 0 Å². The van der Waals surface area contributed by atoms with Crippen molar-refractivity contribution in [3.63, 3.8) is 0 Å². The van der Waals surface area contributed by atoms with E-state index in [1.165, 1.54) is 49.0 Å². The molecule has 226 valence electrons. The molecule has 0 heterocycles. The van der Waals surface area contributed by atoms with Gasteiger partial charge in [0.05, 0.1) is 10.6 Å². The van der Waals surface area contributed by atoms with Crippen LogP contribution in [-0.2, 0) is 29.4 Å². The standard InChI is InChI=1S/C33H34ClF2N3O3S/c1-3-23-5-4-6-24(17-23)22-37-16-15-30(20-25-18-28(35)21-29(36)19-25)38-33(40)26-7-13-32(14-8-26)43(41,42)39(2)31-11-9-27(34)10-12-31/h4-14,17-19,21,30,37H,3,15-16,20,22H2,1-2H3,(H,38,40)/t30-/m1/s1. The molecular formula is C33H34ClF2N3O3S. The topological polar surface area (TPSA) is 78.5 Å². The van der Waals surface area contributed by atoms with Crippen LogP contribution in [0.2, 0.25) is 5.02 Å². The largest absolute Gasteiger partial charge is 0.349 e. The van der Waals surface area contributed by atoms with Gasteiger partial charge in [0, 0.05) is 36.3 Å². The Labute approximate surface area is 256 Å². The molecule has 4 aromatic rings. The summed E-state index contributed by atoms with van der Waals surface area (Å²) in [5, 5.41) is 6.82. The summed E-state index contributed by atoms with van der Waals surface area (Å²) in [6.07, 6.45) is 1.65. The molecule has 0 aromatic heterocycles. The number of nitrogens with zero attached hydrogens (tertiary/aromatic N) is 1. The maximum Gasteiger partial charge on any atom is 0.264 e. The van der Waals surface area contributed by atoms with E-state index in [0.29, 0.717) is 35.8 Å². The lowest BCUT2D eigenvalue weighted by Crippen LogP contribution is -2.38. The lowest BCUT2D eigenvalue weighted by atomic mass is 10.0. The van der Waals surface area contributed by atoms with Crippen molar-refractivity contribution in [2.24, 2.45) is 0 Å². The number of nitrogens with one attached hydrogen (secondary N) is 2. The Bertz CT molecular complexity index is 1630. The third-order valence-corrected chi connectivity index (χ3v) is 9.15. The highest BCUT2D eigenvalue weighted by Gasteiger charge is 2.22. The third kappa shape index (κ3) is 8.86. The smallest absolute Gasteiger partial charge is 0.264 e. The molecule has 0 aliphatic carbocycles. The summed E-state index contributed by atoms with van der Waals surface area (Å²) in [7, 11) is -2.44. The zero-order valence-corrected chi connectivity index (χ0v) is 25.6. The van der Waals surface area contributed by atoms with Crippen LogP contribution in [0, 0.1) is 11.6 Å². The maximum atomic E-state index is 13.9. The minimum atomic E-state index is -3.88. The van der Waals surface area contributed by atoms with E-state index < -0.39 is 33.6 Å². The predicted molar refractivity (Wildman–Crippen MR) is 167 cm³/mol. The molecule has 0 aliphatic rings. The fraction of sp³-hybridized carbons (Fsp3) is 0.242. The molecule has 0 saturated heterocycles. The number of anilines is 1. The molecule has 6 nitrogen and oxygen atoms in total. The second kappa shape index (κ2) is 14.6. The predicted octanol–water partition coefficient (Wildman–Crippen LogP) is 6.53. The van der Waals surface area contributed by atoms with Crippen molar-refractivity contribution in [1.29, 1.82) is 0 Å². The summed E-state index contributed by atoms with van der Waals surface area (Å²) in [5.74, 6) is -1.80. The Kier molecular flexibility index (Phi) is 10.9. The number of carbonyl (C=O) groups is 1. The highest BCUT2D eigenvalue weighted by Crippen LogP contribution is 2.24. The van der Waals surface area contributed by atoms with Gasteiger partial charge in [-0.15, -0.1) is 0 Å². The number of hydrogen-bond donors (Lipinski definition) is 2. The Balaban J connectivity index is 1.44. The van der Waals surface area contributed by atoms with Gasteiger partial charge < -0.3 is 10.6 Å². The number of sulfonamides is 1. The summed E-state index contributed by atoms with van der Waals surface area (Å²) < 4.78 is 55.2. The van der Waals surface area contributed by atoms with Crippen molar-refractivity contribution >= 4 is 33.2 Å². The lowest BCUT2D eigenvalue weighted by Gasteiger charge is -2.21. The Morgan fingerprint density at radius 1 is 0.884 bits per heavy atom. The van der Waals surface area contributed by atoms with Crippen LogP contribution >= 0.6 is 11.6 Å². The van der Waals surface area contributed by atoms with Crippen LogP contribution in [0.3, 0.4) is 0 Å². The first kappa shape index (κ1) is 32.1. The van der Waals surface area contributed by atoms with Gasteiger partial charge in [-0.3, -0.25) is 9.10 Å². The summed E-state index contributed by atoms with van der Waals surface area (Å²) >= 11 is 5.92. The average Bonchev–Trinajstić information content (AvgIpc) is 2.99. The molecule has 4 rings (SSSR count). The number of benzene rings is 4. The van der Waals surface area contributed by atoms with Crippen LogP contribution in [0.1, 0.15) is 40.4 Å². The first-order chi connectivity index (χ1) is 20.5. The van der Waals surface area contributed by atoms with Crippen molar-refractivity contribution in [2.75, 3.05) is 17.9 Å². The molecule has 0 saturated carbocycles. The molecule has 4 aromatic carbocycles. The Morgan fingerprint density at radius 3 is 2.19 bits per heavy atom. The van der Waals surface area contributed by atoms with Crippen LogP contribution < -0.4 is 14.9 Å². The number of aryl methyl sites for hydroxylation is 1. The van der Waals surface area contributed by atoms with E-state index >= 15 is 0 Å². The molecule has 0 fully saturated rings. The zero-order valence-electron chi connectivity index (χ0n) is 24.0. The van der Waals surface area contributed by atoms with E-state index in [1.807, 2.05) is 12.1 Å². The van der Waals surface area contributed by atoms with Gasteiger partial charge in [-0.1, -0.05) is 42.8 Å². The summed E-state index contributed by atoms with van der Waals surface area (Å²) in [6, 6.07) is 23.2. The Hall–Kier alpha value is -3.79. The van der Waals surface area contributed by atoms with Gasteiger partial charge in [-0.25, -0.2) is 17.2 Å². The monoisotopic (exact) mass is 625 g/mol. The van der Waals surface area contributed by atoms with Crippen molar-refractivity contribution in [2.45, 2.75) is 43.7 Å². The number of rotatable bonds is 13. The van der Waals surface area contributed by atoms with Crippen LogP contribution in [0.25, 0.3) is 0 Å². The number of carbonyl (C=O) groups excluding carboxylic acids is 1. The fourth-order valence-electron chi connectivity index (χ4n) is 4.70. The maximum absolute atomic E-state index is 13.9. The molecule has 1 amide bonds. The Morgan fingerprint density at radius 2 is 1.53 bits per heavy atom. The van der Waals surface area contributed by atoms with Crippen LogP contribution in [0.5, 0.6) is 0 Å². The van der Waals surface area contributed by atoms with Gasteiger partial charge in [-0.05, 0) is 103 Å². The van der Waals surface area contributed by atoms with Crippen molar-refractivity contribution in [3.05, 3.63) is 130 Å². The molecule has 43 heavy (non-hydrogen) atoms. The second-order valence-corrected chi connectivity index (χ2v) is 12.7. The summed E-state index contributed by atoms with van der Waals surface area (Å²) in [6.45, 7) is 3.29. The molecule has 0 radical (unpaired) electrons. The third-order valence-electron chi connectivity index (χ3n) is 7.10. The van der Waals surface area contributed by atoms with E-state index in [9.17, 15) is 22.0 Å². The highest BCUT2D eigenvalue weighted by atomic mass is 35.5. The van der Waals surface area contributed by atoms with Crippen LogP contribution in [0.4, 0.5) is 14.5 Å². The van der Waals surface area contributed by atoms with E-state index in [-0.39, 0.29) is 16.9 Å². The normalized spacial score (nSPS) is 12.1. The van der Waals surface area contributed by atoms with Crippen LogP contribution in [-0.4, -0.2) is 34.0 Å². The molecule has 0 aliphatic heterocycles. The SMILES string of the molecule is CCc1cccc(CNCC[C@H](Cc2cc(F)cc(F)c2)NC(=O)c2ccc(S(=O)(=O)N(C)c3ccc(Cl)cc3)cc2)c1. The van der Waals surface area contributed by atoms with Gasteiger partial charge in [0.2, 0.25) is 0 Å². The quantitative estimate of drug-likeness (QED) is 0.166. The molecule has 0 bridgehead atoms. The second-order valence-electron chi connectivity index (χ2n) is 10.3. The van der Waals surface area contributed by atoms with Crippen molar-refractivity contribution in [3.8, 4) is 0 Å². The van der Waals surface area contributed by atoms with Gasteiger partial charge in [-0.2, -0.15) is 0 Å². The van der Waals surface area contributed by atoms with Crippen LogP contribution in [0.15, 0.2) is 95.9 Å². The molecular weight excluding hydrogens is 592 g/mol. The van der Waals surface area contributed by atoms with Gasteiger partial charge in [0.25, 0.3) is 15.9 Å². The lowest BCUT2D eigenvalue weighted by molar-refractivity contribution is 0.0934. The molecule has 0 spiro atoms. The average molecular weight is 626 g/mol. The molecule has 1 atom stereocenters. The summed E-state index contributed by atoms with van der Waals surface area (Å²) in [5.41, 5.74) is 3.50. The van der Waals surface area contributed by atoms with Gasteiger partial charge in [0.1, 0.15) is 11.6 Å². The minimum absolute atomic E-state index is 0.0182. The van der Waals surface area contributed by atoms with E-state index in [1.54, 1.807) is 24.3 Å². The van der Waals surface area contributed by atoms with Gasteiger partial charge in [0.15, 0.2) is 0 Å². The molecule has 2 N–H and O–H groups in total.